The minimum atomic E-state index is -5.97. The van der Waals surface area contributed by atoms with Gasteiger partial charge in [0.05, 0.1) is 5.41 Å². The number of halogens is 8. The average molecular weight is 330 g/mol. The maximum absolute atomic E-state index is 13.1. The summed E-state index contributed by atoms with van der Waals surface area (Å²) in [6.45, 7) is 3.74. The molecule has 0 N–H and O–H groups in total. The van der Waals surface area contributed by atoms with E-state index >= 15 is 0 Å². The highest BCUT2D eigenvalue weighted by molar-refractivity contribution is 5.76. The molecule has 0 aliphatic carbocycles. The Kier molecular flexibility index (Phi) is 5.65. The second-order valence-corrected chi connectivity index (χ2v) is 5.07. The molecule has 0 heterocycles. The number of ether oxygens (including phenoxy) is 1. The van der Waals surface area contributed by atoms with Crippen LogP contribution < -0.4 is 0 Å². The van der Waals surface area contributed by atoms with Crippen molar-refractivity contribution in [3.8, 4) is 0 Å². The van der Waals surface area contributed by atoms with Crippen molar-refractivity contribution < 1.29 is 44.7 Å². The van der Waals surface area contributed by atoms with Gasteiger partial charge in [0.25, 0.3) is 0 Å². The number of alkyl halides is 8. The van der Waals surface area contributed by atoms with E-state index in [-0.39, 0.29) is 6.42 Å². The molecule has 21 heavy (non-hydrogen) atoms. The number of esters is 1. The predicted octanol–water partition coefficient (Wildman–Crippen LogP) is 4.48. The minimum absolute atomic E-state index is 0.00546. The van der Waals surface area contributed by atoms with Crippen molar-refractivity contribution in [1.29, 1.82) is 0 Å². The maximum atomic E-state index is 13.1. The van der Waals surface area contributed by atoms with Gasteiger partial charge in [0, 0.05) is 0 Å². The Morgan fingerprint density at radius 2 is 1.48 bits per heavy atom. The van der Waals surface area contributed by atoms with Crippen LogP contribution in [-0.4, -0.2) is 30.3 Å². The summed E-state index contributed by atoms with van der Waals surface area (Å²) in [5, 5.41) is 0. The molecule has 0 aromatic carbocycles. The van der Waals surface area contributed by atoms with Gasteiger partial charge >= 0.3 is 30.3 Å². The molecular weight excluding hydrogens is 316 g/mol. The quantitative estimate of drug-likeness (QED) is 0.508. The number of rotatable bonds is 7. The third kappa shape index (κ3) is 4.70. The number of hydrogen-bond donors (Lipinski definition) is 0. The van der Waals surface area contributed by atoms with E-state index in [1.807, 2.05) is 0 Å². The van der Waals surface area contributed by atoms with Crippen molar-refractivity contribution in [3.05, 3.63) is 0 Å². The lowest BCUT2D eigenvalue weighted by molar-refractivity contribution is -0.317. The SMILES string of the molecule is CCC(C)(C)C(=O)OC(F)(F)CC(F)(F)C(F)(F)C(F)F. The second kappa shape index (κ2) is 5.96. The zero-order valence-electron chi connectivity index (χ0n) is 11.3. The molecular formula is C11H14F8O2. The molecule has 0 unspecified atom stereocenters. The normalized spacial score (nSPS) is 14.5. The van der Waals surface area contributed by atoms with Crippen LogP contribution in [0.4, 0.5) is 35.1 Å². The Morgan fingerprint density at radius 1 is 1.05 bits per heavy atom. The van der Waals surface area contributed by atoms with Crippen LogP contribution in [0.2, 0.25) is 0 Å². The Balaban J connectivity index is 5.09. The Bertz CT molecular complexity index is 378. The average Bonchev–Trinajstić information content (AvgIpc) is 2.25. The van der Waals surface area contributed by atoms with E-state index in [4.69, 9.17) is 0 Å². The van der Waals surface area contributed by atoms with Crippen LogP contribution in [0.5, 0.6) is 0 Å². The molecule has 0 aromatic heterocycles. The molecule has 0 spiro atoms. The fraction of sp³-hybridized carbons (Fsp3) is 0.909. The number of hydrogen-bond acceptors (Lipinski definition) is 2. The molecule has 0 atom stereocenters. The lowest BCUT2D eigenvalue weighted by Crippen LogP contribution is -2.50. The highest BCUT2D eigenvalue weighted by Crippen LogP contribution is 2.45. The molecule has 10 heteroatoms. The molecule has 0 bridgehead atoms. The van der Waals surface area contributed by atoms with Crippen LogP contribution in [0.15, 0.2) is 0 Å². The third-order valence-corrected chi connectivity index (χ3v) is 2.87. The van der Waals surface area contributed by atoms with Gasteiger partial charge in [0.1, 0.15) is 6.42 Å². The van der Waals surface area contributed by atoms with Crippen molar-refractivity contribution in [2.75, 3.05) is 0 Å². The largest absolute Gasteiger partial charge is 0.405 e. The van der Waals surface area contributed by atoms with E-state index < -0.39 is 42.2 Å². The summed E-state index contributed by atoms with van der Waals surface area (Å²) < 4.78 is 104. The van der Waals surface area contributed by atoms with Gasteiger partial charge in [-0.25, -0.2) is 8.78 Å². The van der Waals surface area contributed by atoms with Crippen LogP contribution in [0.3, 0.4) is 0 Å². The smallest absolute Gasteiger partial charge is 0.400 e. The van der Waals surface area contributed by atoms with E-state index in [0.29, 0.717) is 0 Å². The van der Waals surface area contributed by atoms with E-state index in [1.54, 1.807) is 0 Å². The van der Waals surface area contributed by atoms with Gasteiger partial charge in [-0.2, -0.15) is 26.3 Å². The molecule has 0 aliphatic rings. The Labute approximate surface area is 115 Å². The van der Waals surface area contributed by atoms with Crippen LogP contribution in [-0.2, 0) is 9.53 Å². The summed E-state index contributed by atoms with van der Waals surface area (Å²) in [4.78, 5) is 11.3. The minimum Gasteiger partial charge on any atom is -0.400 e. The summed E-state index contributed by atoms with van der Waals surface area (Å²) in [6, 6.07) is 0. The van der Waals surface area contributed by atoms with E-state index in [0.717, 1.165) is 13.8 Å². The Hall–Kier alpha value is -1.09. The van der Waals surface area contributed by atoms with Crippen LogP contribution in [0.1, 0.15) is 33.6 Å². The highest BCUT2D eigenvalue weighted by Gasteiger charge is 2.66. The summed E-state index contributed by atoms with van der Waals surface area (Å²) in [7, 11) is 0. The van der Waals surface area contributed by atoms with Gasteiger partial charge in [-0.05, 0) is 20.3 Å². The van der Waals surface area contributed by atoms with E-state index in [1.165, 1.54) is 6.92 Å². The molecule has 0 saturated carbocycles. The molecule has 0 fully saturated rings. The first-order valence-electron chi connectivity index (χ1n) is 5.74. The Morgan fingerprint density at radius 3 is 1.81 bits per heavy atom. The highest BCUT2D eigenvalue weighted by atomic mass is 19.3. The zero-order chi connectivity index (χ0) is 17.3. The van der Waals surface area contributed by atoms with Crippen LogP contribution in [0.25, 0.3) is 0 Å². The van der Waals surface area contributed by atoms with Gasteiger partial charge in [0.2, 0.25) is 0 Å². The molecule has 126 valence electrons. The van der Waals surface area contributed by atoms with Crippen molar-refractivity contribution in [2.45, 2.75) is 58.0 Å². The number of carbonyl (C=O) groups is 1. The zero-order valence-corrected chi connectivity index (χ0v) is 11.3. The predicted molar refractivity (Wildman–Crippen MR) is 55.6 cm³/mol. The van der Waals surface area contributed by atoms with Gasteiger partial charge in [0.15, 0.2) is 0 Å². The first kappa shape index (κ1) is 19.9. The molecule has 0 aliphatic heterocycles. The van der Waals surface area contributed by atoms with E-state index in [2.05, 4.69) is 4.74 Å². The molecule has 0 radical (unpaired) electrons. The van der Waals surface area contributed by atoms with Crippen molar-refractivity contribution >= 4 is 5.97 Å². The lowest BCUT2D eigenvalue weighted by atomic mass is 9.90. The van der Waals surface area contributed by atoms with Gasteiger partial charge < -0.3 is 4.74 Å². The van der Waals surface area contributed by atoms with Crippen LogP contribution in [0, 0.1) is 5.41 Å². The molecule has 0 rings (SSSR count). The van der Waals surface area contributed by atoms with Crippen LogP contribution >= 0.6 is 0 Å². The second-order valence-electron chi connectivity index (χ2n) is 5.07. The van der Waals surface area contributed by atoms with E-state index in [9.17, 15) is 39.9 Å². The summed E-state index contributed by atoms with van der Waals surface area (Å²) in [5.41, 5.74) is -1.47. The van der Waals surface area contributed by atoms with Gasteiger partial charge in [-0.1, -0.05) is 6.92 Å². The third-order valence-electron chi connectivity index (χ3n) is 2.87. The first-order valence-corrected chi connectivity index (χ1v) is 5.74. The maximum Gasteiger partial charge on any atom is 0.405 e. The molecule has 0 amide bonds. The molecule has 0 aromatic rings. The number of carbonyl (C=O) groups excluding carboxylic acids is 1. The van der Waals surface area contributed by atoms with Gasteiger partial charge in [-0.3, -0.25) is 4.79 Å². The van der Waals surface area contributed by atoms with Crippen molar-refractivity contribution in [3.63, 3.8) is 0 Å². The topological polar surface area (TPSA) is 26.3 Å². The summed E-state index contributed by atoms with van der Waals surface area (Å²) >= 11 is 0. The fourth-order valence-electron chi connectivity index (χ4n) is 0.990. The van der Waals surface area contributed by atoms with Crippen molar-refractivity contribution in [1.82, 2.24) is 0 Å². The molecule has 0 saturated heterocycles. The monoisotopic (exact) mass is 330 g/mol. The first-order chi connectivity index (χ1) is 9.09. The fourth-order valence-corrected chi connectivity index (χ4v) is 0.990. The summed E-state index contributed by atoms with van der Waals surface area (Å²) in [5.74, 6) is -13.3. The van der Waals surface area contributed by atoms with Gasteiger partial charge in [-0.15, -0.1) is 0 Å². The summed E-state index contributed by atoms with van der Waals surface area (Å²) in [6.07, 6.45) is -12.9. The molecule has 2 nitrogen and oxygen atoms in total. The van der Waals surface area contributed by atoms with Crippen molar-refractivity contribution in [2.24, 2.45) is 5.41 Å². The lowest BCUT2D eigenvalue weighted by Gasteiger charge is -2.30. The standard InChI is InChI=1S/C11H14F8O2/c1-4-8(2,3)7(20)21-10(16,17)5-9(14,15)11(18,19)6(12)13/h6H,4-5H2,1-3H3.